The van der Waals surface area contributed by atoms with Crippen molar-refractivity contribution in [3.63, 3.8) is 0 Å². The van der Waals surface area contributed by atoms with Gasteiger partial charge in [0, 0.05) is 24.5 Å². The molecule has 0 saturated heterocycles. The van der Waals surface area contributed by atoms with Crippen molar-refractivity contribution in [3.05, 3.63) is 60.3 Å². The quantitative estimate of drug-likeness (QED) is 0.435. The van der Waals surface area contributed by atoms with Gasteiger partial charge in [0.1, 0.15) is 17.4 Å². The maximum Gasteiger partial charge on any atom is 0.319 e. The van der Waals surface area contributed by atoms with E-state index in [9.17, 15) is 4.79 Å². The van der Waals surface area contributed by atoms with Crippen molar-refractivity contribution >= 4 is 29.2 Å². The van der Waals surface area contributed by atoms with Gasteiger partial charge < -0.3 is 26.0 Å². The number of hydrogen-bond donors (Lipinski definition) is 4. The maximum absolute atomic E-state index is 11.9. The van der Waals surface area contributed by atoms with Crippen molar-refractivity contribution in [2.45, 2.75) is 6.92 Å². The molecule has 4 N–H and O–H groups in total. The van der Waals surface area contributed by atoms with Gasteiger partial charge in [-0.25, -0.2) is 9.78 Å². The fourth-order valence-corrected chi connectivity index (χ4v) is 2.45. The van der Waals surface area contributed by atoms with E-state index in [0.717, 1.165) is 11.4 Å². The van der Waals surface area contributed by atoms with Crippen LogP contribution in [0.1, 0.15) is 5.69 Å². The number of nitrogens with zero attached hydrogens (tertiary/aromatic N) is 3. The van der Waals surface area contributed by atoms with Gasteiger partial charge in [-0.15, -0.1) is 10.2 Å². The highest BCUT2D eigenvalue weighted by molar-refractivity contribution is 5.89. The van der Waals surface area contributed by atoms with Crippen LogP contribution >= 0.6 is 0 Å². The Bertz CT molecular complexity index is 930. The summed E-state index contributed by atoms with van der Waals surface area (Å²) in [4.78, 5) is 16.3. The van der Waals surface area contributed by atoms with Crippen LogP contribution in [-0.4, -0.2) is 41.4 Å². The average molecular weight is 393 g/mol. The second-order valence-electron chi connectivity index (χ2n) is 6.13. The SMILES string of the molecule is COc1ccc(NC(=O)NCCNc2ccc(Nc3cccc(C)n3)nn2)cc1. The minimum absolute atomic E-state index is 0.284. The third-order valence-corrected chi connectivity index (χ3v) is 3.87. The molecule has 3 aromatic rings. The summed E-state index contributed by atoms with van der Waals surface area (Å²) >= 11 is 0. The molecule has 150 valence electrons. The molecule has 9 heteroatoms. The van der Waals surface area contributed by atoms with Crippen LogP contribution < -0.4 is 26.0 Å². The molecule has 2 aromatic heterocycles. The van der Waals surface area contributed by atoms with Crippen LogP contribution in [0.3, 0.4) is 0 Å². The van der Waals surface area contributed by atoms with Gasteiger partial charge in [0.2, 0.25) is 0 Å². The highest BCUT2D eigenvalue weighted by Gasteiger charge is 2.03. The van der Waals surface area contributed by atoms with E-state index in [1.54, 1.807) is 31.4 Å². The van der Waals surface area contributed by atoms with E-state index in [-0.39, 0.29) is 6.03 Å². The van der Waals surface area contributed by atoms with E-state index < -0.39 is 0 Å². The fourth-order valence-electron chi connectivity index (χ4n) is 2.45. The molecule has 0 fully saturated rings. The number of anilines is 4. The first-order valence-corrected chi connectivity index (χ1v) is 9.09. The molecule has 3 rings (SSSR count). The minimum Gasteiger partial charge on any atom is -0.497 e. The van der Waals surface area contributed by atoms with E-state index in [2.05, 4.69) is 36.4 Å². The first-order valence-electron chi connectivity index (χ1n) is 9.09. The summed E-state index contributed by atoms with van der Waals surface area (Å²) in [6.07, 6.45) is 0. The van der Waals surface area contributed by atoms with Gasteiger partial charge in [0.15, 0.2) is 5.82 Å². The van der Waals surface area contributed by atoms with Crippen molar-refractivity contribution in [2.24, 2.45) is 0 Å². The van der Waals surface area contributed by atoms with Crippen molar-refractivity contribution in [1.82, 2.24) is 20.5 Å². The average Bonchev–Trinajstić information content (AvgIpc) is 2.73. The summed E-state index contributed by atoms with van der Waals surface area (Å²) < 4.78 is 5.08. The van der Waals surface area contributed by atoms with Crippen LogP contribution in [0.15, 0.2) is 54.6 Å². The minimum atomic E-state index is -0.284. The predicted octanol–water partition coefficient (Wildman–Crippen LogP) is 3.17. The Morgan fingerprint density at radius 1 is 0.931 bits per heavy atom. The van der Waals surface area contributed by atoms with Crippen molar-refractivity contribution in [2.75, 3.05) is 36.1 Å². The molecule has 2 amide bonds. The molecule has 0 saturated carbocycles. The molecule has 29 heavy (non-hydrogen) atoms. The number of pyridine rings is 1. The zero-order chi connectivity index (χ0) is 20.5. The summed E-state index contributed by atoms with van der Waals surface area (Å²) in [5.74, 6) is 2.67. The largest absolute Gasteiger partial charge is 0.497 e. The first kappa shape index (κ1) is 19.9. The number of nitrogens with one attached hydrogen (secondary N) is 4. The van der Waals surface area contributed by atoms with Gasteiger partial charge in [-0.2, -0.15) is 0 Å². The molecule has 0 unspecified atom stereocenters. The van der Waals surface area contributed by atoms with Crippen LogP contribution in [0.2, 0.25) is 0 Å². The third-order valence-electron chi connectivity index (χ3n) is 3.87. The third kappa shape index (κ3) is 6.35. The summed E-state index contributed by atoms with van der Waals surface area (Å²) in [7, 11) is 1.60. The lowest BCUT2D eigenvalue weighted by Crippen LogP contribution is -2.32. The Balaban J connectivity index is 1.38. The molecule has 0 aliphatic rings. The van der Waals surface area contributed by atoms with E-state index in [4.69, 9.17) is 4.74 Å². The number of aryl methyl sites for hydroxylation is 1. The molecule has 1 aromatic carbocycles. The molecular formula is C20H23N7O2. The number of ether oxygens (including phenoxy) is 1. The predicted molar refractivity (Wildman–Crippen MR) is 113 cm³/mol. The van der Waals surface area contributed by atoms with Crippen molar-refractivity contribution in [1.29, 1.82) is 0 Å². The van der Waals surface area contributed by atoms with Crippen LogP contribution in [0, 0.1) is 6.92 Å². The van der Waals surface area contributed by atoms with Gasteiger partial charge in [0.25, 0.3) is 0 Å². The Morgan fingerprint density at radius 2 is 1.69 bits per heavy atom. The van der Waals surface area contributed by atoms with Crippen LogP contribution in [0.25, 0.3) is 0 Å². The number of amides is 2. The lowest BCUT2D eigenvalue weighted by molar-refractivity contribution is 0.252. The Hall–Kier alpha value is -3.88. The Kier molecular flexibility index (Phi) is 6.77. The molecule has 0 aliphatic carbocycles. The molecule has 0 atom stereocenters. The van der Waals surface area contributed by atoms with Crippen molar-refractivity contribution in [3.8, 4) is 5.75 Å². The van der Waals surface area contributed by atoms with Gasteiger partial charge in [-0.3, -0.25) is 0 Å². The molecular weight excluding hydrogens is 370 g/mol. The number of carbonyl (C=O) groups excluding carboxylic acids is 1. The topological polar surface area (TPSA) is 113 Å². The summed E-state index contributed by atoms with van der Waals surface area (Å²) in [6.45, 7) is 2.86. The van der Waals surface area contributed by atoms with Gasteiger partial charge in [0.05, 0.1) is 7.11 Å². The molecule has 9 nitrogen and oxygen atoms in total. The van der Waals surface area contributed by atoms with Crippen molar-refractivity contribution < 1.29 is 9.53 Å². The summed E-state index contributed by atoms with van der Waals surface area (Å²) in [6, 6.07) is 16.2. The van der Waals surface area contributed by atoms with E-state index in [1.807, 2.05) is 37.3 Å². The summed E-state index contributed by atoms with van der Waals surface area (Å²) in [5, 5.41) is 19.9. The number of methoxy groups -OCH3 is 1. The molecule has 0 radical (unpaired) electrons. The number of benzene rings is 1. The van der Waals surface area contributed by atoms with Crippen LogP contribution in [-0.2, 0) is 0 Å². The standard InChI is InChI=1S/C20H23N7O2/c1-14-4-3-5-18(23-14)25-19-11-10-17(26-27-19)21-12-13-22-20(28)24-15-6-8-16(29-2)9-7-15/h3-11H,12-13H2,1-2H3,(H,21,26)(H2,22,24,28)(H,23,25,27). The second-order valence-corrected chi connectivity index (χ2v) is 6.13. The lowest BCUT2D eigenvalue weighted by Gasteiger charge is -2.09. The van der Waals surface area contributed by atoms with Crippen LogP contribution in [0.4, 0.5) is 27.9 Å². The van der Waals surface area contributed by atoms with Gasteiger partial charge >= 0.3 is 6.03 Å². The van der Waals surface area contributed by atoms with E-state index >= 15 is 0 Å². The van der Waals surface area contributed by atoms with Gasteiger partial charge in [-0.05, 0) is 55.5 Å². The highest BCUT2D eigenvalue weighted by Crippen LogP contribution is 2.15. The second kappa shape index (κ2) is 9.88. The zero-order valence-corrected chi connectivity index (χ0v) is 16.3. The first-order chi connectivity index (χ1) is 14.1. The molecule has 0 bridgehead atoms. The van der Waals surface area contributed by atoms with E-state index in [0.29, 0.717) is 36.2 Å². The Morgan fingerprint density at radius 3 is 2.38 bits per heavy atom. The molecule has 0 aliphatic heterocycles. The fraction of sp³-hybridized carbons (Fsp3) is 0.200. The van der Waals surface area contributed by atoms with E-state index in [1.165, 1.54) is 0 Å². The molecule has 2 heterocycles. The Labute approximate surface area is 168 Å². The number of carbonyl (C=O) groups is 1. The van der Waals surface area contributed by atoms with Gasteiger partial charge in [-0.1, -0.05) is 6.07 Å². The zero-order valence-electron chi connectivity index (χ0n) is 16.3. The number of rotatable bonds is 8. The normalized spacial score (nSPS) is 10.1. The smallest absolute Gasteiger partial charge is 0.319 e. The maximum atomic E-state index is 11.9. The number of aromatic nitrogens is 3. The number of urea groups is 1. The monoisotopic (exact) mass is 393 g/mol. The van der Waals surface area contributed by atoms with Crippen LogP contribution in [0.5, 0.6) is 5.75 Å². The molecule has 0 spiro atoms. The number of hydrogen-bond acceptors (Lipinski definition) is 7. The lowest BCUT2D eigenvalue weighted by atomic mass is 10.3. The highest BCUT2D eigenvalue weighted by atomic mass is 16.5. The summed E-state index contributed by atoms with van der Waals surface area (Å²) in [5.41, 5.74) is 1.61.